The predicted octanol–water partition coefficient (Wildman–Crippen LogP) is 4.49. The Hall–Kier alpha value is -0.380. The average molecular weight is 351 g/mol. The van der Waals surface area contributed by atoms with Gasteiger partial charge < -0.3 is 5.73 Å². The first kappa shape index (κ1) is 15.5. The topological polar surface area (TPSA) is 29.3 Å². The number of nitrogens with two attached hydrogens (primary N) is 1. The molecule has 2 N–H and O–H groups in total. The zero-order chi connectivity index (χ0) is 14.8. The van der Waals surface area contributed by atoms with Crippen LogP contribution in [-0.2, 0) is 0 Å². The minimum absolute atomic E-state index is 0.211. The summed E-state index contributed by atoms with van der Waals surface area (Å²) in [6, 6.07) is 9.97. The van der Waals surface area contributed by atoms with Gasteiger partial charge >= 0.3 is 0 Å². The molecule has 1 aromatic carbocycles. The molecule has 1 aromatic rings. The monoisotopic (exact) mass is 350 g/mol. The number of rotatable bonds is 4. The van der Waals surface area contributed by atoms with Crippen LogP contribution in [0.2, 0.25) is 0 Å². The quantitative estimate of drug-likeness (QED) is 0.866. The standard InChI is InChI=1S/C18H27BrN2/c1-2-16(20)18(14-9-3-4-10-15(14)19)21-12-6-8-13-7-5-11-17(13)21/h3-4,9-10,13,16-18H,2,5-8,11-12,20H2,1H3. The molecule has 1 saturated heterocycles. The van der Waals surface area contributed by atoms with E-state index < -0.39 is 0 Å². The smallest absolute Gasteiger partial charge is 0.0513 e. The minimum Gasteiger partial charge on any atom is -0.326 e. The van der Waals surface area contributed by atoms with Gasteiger partial charge in [0.2, 0.25) is 0 Å². The molecule has 21 heavy (non-hydrogen) atoms. The summed E-state index contributed by atoms with van der Waals surface area (Å²) in [6.45, 7) is 3.42. The zero-order valence-corrected chi connectivity index (χ0v) is 14.6. The molecular formula is C18H27BrN2. The van der Waals surface area contributed by atoms with Gasteiger partial charge in [0.05, 0.1) is 6.04 Å². The van der Waals surface area contributed by atoms with Crippen molar-refractivity contribution < 1.29 is 0 Å². The Labute approximate surface area is 137 Å². The van der Waals surface area contributed by atoms with E-state index in [1.807, 2.05) is 0 Å². The lowest BCUT2D eigenvalue weighted by Gasteiger charge is -2.45. The van der Waals surface area contributed by atoms with Gasteiger partial charge in [-0.3, -0.25) is 4.90 Å². The Bertz CT molecular complexity index is 476. The maximum atomic E-state index is 6.57. The van der Waals surface area contributed by atoms with Crippen molar-refractivity contribution >= 4 is 15.9 Å². The van der Waals surface area contributed by atoms with E-state index in [0.29, 0.717) is 6.04 Å². The van der Waals surface area contributed by atoms with E-state index in [4.69, 9.17) is 5.73 Å². The fourth-order valence-electron chi connectivity index (χ4n) is 4.43. The number of hydrogen-bond acceptors (Lipinski definition) is 2. The van der Waals surface area contributed by atoms with E-state index in [2.05, 4.69) is 52.0 Å². The summed E-state index contributed by atoms with van der Waals surface area (Å²) in [7, 11) is 0. The molecule has 4 atom stereocenters. The lowest BCUT2D eigenvalue weighted by atomic mass is 9.87. The third-order valence-electron chi connectivity index (χ3n) is 5.49. The van der Waals surface area contributed by atoms with Gasteiger partial charge in [-0.25, -0.2) is 0 Å². The summed E-state index contributed by atoms with van der Waals surface area (Å²) in [6.07, 6.45) is 7.97. The van der Waals surface area contributed by atoms with Crippen LogP contribution in [0.5, 0.6) is 0 Å². The van der Waals surface area contributed by atoms with Crippen LogP contribution in [0.4, 0.5) is 0 Å². The summed E-state index contributed by atoms with van der Waals surface area (Å²) < 4.78 is 1.21. The highest BCUT2D eigenvalue weighted by Crippen LogP contribution is 2.42. The fourth-order valence-corrected chi connectivity index (χ4v) is 4.95. The predicted molar refractivity (Wildman–Crippen MR) is 92.2 cm³/mol. The molecule has 116 valence electrons. The maximum Gasteiger partial charge on any atom is 0.0513 e. The number of hydrogen-bond donors (Lipinski definition) is 1. The number of nitrogens with zero attached hydrogens (tertiary/aromatic N) is 1. The molecule has 1 aliphatic heterocycles. The second-order valence-corrected chi connectivity index (χ2v) is 7.53. The van der Waals surface area contributed by atoms with Gasteiger partial charge in [-0.05, 0) is 56.2 Å². The lowest BCUT2D eigenvalue weighted by Crippen LogP contribution is -2.50. The Kier molecular flexibility index (Phi) is 5.03. The molecular weight excluding hydrogens is 324 g/mol. The van der Waals surface area contributed by atoms with Gasteiger partial charge in [-0.15, -0.1) is 0 Å². The molecule has 1 aliphatic carbocycles. The molecule has 4 unspecified atom stereocenters. The normalized spacial score (nSPS) is 29.1. The molecule has 0 amide bonds. The van der Waals surface area contributed by atoms with Crippen LogP contribution in [-0.4, -0.2) is 23.5 Å². The molecule has 0 spiro atoms. The van der Waals surface area contributed by atoms with Crippen molar-refractivity contribution in [3.63, 3.8) is 0 Å². The van der Waals surface area contributed by atoms with Crippen LogP contribution in [0.15, 0.2) is 28.7 Å². The fraction of sp³-hybridized carbons (Fsp3) is 0.667. The van der Waals surface area contributed by atoms with E-state index >= 15 is 0 Å². The van der Waals surface area contributed by atoms with Crippen molar-refractivity contribution in [3.8, 4) is 0 Å². The Morgan fingerprint density at radius 3 is 2.76 bits per heavy atom. The molecule has 2 aliphatic rings. The van der Waals surface area contributed by atoms with E-state index in [1.165, 1.54) is 48.7 Å². The highest BCUT2D eigenvalue weighted by Gasteiger charge is 2.40. The third kappa shape index (κ3) is 3.06. The highest BCUT2D eigenvalue weighted by molar-refractivity contribution is 9.10. The van der Waals surface area contributed by atoms with E-state index in [1.54, 1.807) is 0 Å². The van der Waals surface area contributed by atoms with Crippen LogP contribution in [0.1, 0.15) is 57.1 Å². The summed E-state index contributed by atoms with van der Waals surface area (Å²) in [4.78, 5) is 2.75. The molecule has 2 nitrogen and oxygen atoms in total. The van der Waals surface area contributed by atoms with Gasteiger partial charge in [0.25, 0.3) is 0 Å². The number of likely N-dealkylation sites (tertiary alicyclic amines) is 1. The zero-order valence-electron chi connectivity index (χ0n) is 13.0. The molecule has 3 rings (SSSR count). The molecule has 0 radical (unpaired) electrons. The third-order valence-corrected chi connectivity index (χ3v) is 6.22. The number of benzene rings is 1. The number of fused-ring (bicyclic) bond motifs is 1. The van der Waals surface area contributed by atoms with Crippen molar-refractivity contribution in [2.75, 3.05) is 6.54 Å². The highest BCUT2D eigenvalue weighted by atomic mass is 79.9. The lowest BCUT2D eigenvalue weighted by molar-refractivity contribution is 0.0535. The first-order valence-corrected chi connectivity index (χ1v) is 9.27. The van der Waals surface area contributed by atoms with Gasteiger partial charge in [-0.2, -0.15) is 0 Å². The van der Waals surface area contributed by atoms with Crippen molar-refractivity contribution in [1.29, 1.82) is 0 Å². The van der Waals surface area contributed by atoms with Crippen LogP contribution < -0.4 is 5.73 Å². The van der Waals surface area contributed by atoms with Crippen molar-refractivity contribution in [1.82, 2.24) is 4.90 Å². The van der Waals surface area contributed by atoms with Crippen LogP contribution in [0.3, 0.4) is 0 Å². The first-order valence-electron chi connectivity index (χ1n) is 8.48. The molecule has 0 bridgehead atoms. The van der Waals surface area contributed by atoms with Gasteiger partial charge in [-0.1, -0.05) is 47.5 Å². The van der Waals surface area contributed by atoms with E-state index in [9.17, 15) is 0 Å². The molecule has 3 heteroatoms. The minimum atomic E-state index is 0.211. The van der Waals surface area contributed by atoms with Gasteiger partial charge in [0.15, 0.2) is 0 Å². The SMILES string of the molecule is CCC(N)C(c1ccccc1Br)N1CCCC2CCCC21. The van der Waals surface area contributed by atoms with Crippen LogP contribution >= 0.6 is 15.9 Å². The second-order valence-electron chi connectivity index (χ2n) is 6.68. The molecule has 2 fully saturated rings. The summed E-state index contributed by atoms with van der Waals surface area (Å²) in [5, 5.41) is 0. The molecule has 1 saturated carbocycles. The van der Waals surface area contributed by atoms with Gasteiger partial charge in [0, 0.05) is 16.6 Å². The Morgan fingerprint density at radius 1 is 1.24 bits per heavy atom. The number of piperidine rings is 1. The van der Waals surface area contributed by atoms with Crippen molar-refractivity contribution in [2.24, 2.45) is 11.7 Å². The van der Waals surface area contributed by atoms with Crippen molar-refractivity contribution in [2.45, 2.75) is 63.6 Å². The largest absolute Gasteiger partial charge is 0.326 e. The van der Waals surface area contributed by atoms with Crippen molar-refractivity contribution in [3.05, 3.63) is 34.3 Å². The van der Waals surface area contributed by atoms with E-state index in [-0.39, 0.29) is 6.04 Å². The summed E-state index contributed by atoms with van der Waals surface area (Å²) in [5.41, 5.74) is 7.94. The maximum absolute atomic E-state index is 6.57. The summed E-state index contributed by atoms with van der Waals surface area (Å²) in [5.74, 6) is 0.910. The molecule has 0 aromatic heterocycles. The van der Waals surface area contributed by atoms with Gasteiger partial charge in [0.1, 0.15) is 0 Å². The van der Waals surface area contributed by atoms with Crippen LogP contribution in [0, 0.1) is 5.92 Å². The number of halogens is 1. The second kappa shape index (κ2) is 6.80. The first-order chi connectivity index (χ1) is 10.2. The molecule has 1 heterocycles. The Balaban J connectivity index is 1.94. The van der Waals surface area contributed by atoms with E-state index in [0.717, 1.165) is 18.4 Å². The van der Waals surface area contributed by atoms with Crippen LogP contribution in [0.25, 0.3) is 0 Å². The average Bonchev–Trinajstić information content (AvgIpc) is 2.98. The Morgan fingerprint density at radius 2 is 2.00 bits per heavy atom. The summed E-state index contributed by atoms with van der Waals surface area (Å²) >= 11 is 3.75.